The molecule has 2 aromatic rings. The molecule has 5 nitrogen and oxygen atoms in total. The molecule has 0 bridgehead atoms. The molecule has 1 atom stereocenters. The van der Waals surface area contributed by atoms with E-state index in [1.807, 2.05) is 59.1 Å². The Morgan fingerprint density at radius 3 is 2.65 bits per heavy atom. The Labute approximate surface area is 188 Å². The Morgan fingerprint density at radius 1 is 1.03 bits per heavy atom. The zero-order valence-corrected chi connectivity index (χ0v) is 18.6. The van der Waals surface area contributed by atoms with Gasteiger partial charge in [0, 0.05) is 48.6 Å². The number of hydrogen-bond donors (Lipinski definition) is 1. The fourth-order valence-electron chi connectivity index (χ4n) is 4.18. The van der Waals surface area contributed by atoms with Gasteiger partial charge >= 0.3 is 0 Å². The van der Waals surface area contributed by atoms with Gasteiger partial charge in [0.2, 0.25) is 5.91 Å². The second-order valence-electron chi connectivity index (χ2n) is 8.27. The molecule has 2 aliphatic heterocycles. The number of rotatable bonds is 6. The average molecular weight is 439 g/mol. The summed E-state index contributed by atoms with van der Waals surface area (Å²) in [5, 5.41) is 3.74. The molecule has 0 saturated carbocycles. The number of thioether (sulfide) groups is 1. The molecule has 0 spiro atoms. The highest BCUT2D eigenvalue weighted by atomic mass is 32.2. The van der Waals surface area contributed by atoms with E-state index in [4.69, 9.17) is 4.74 Å². The maximum Gasteiger partial charge on any atom is 0.253 e. The van der Waals surface area contributed by atoms with Crippen molar-refractivity contribution in [3.63, 3.8) is 0 Å². The van der Waals surface area contributed by atoms with Crippen LogP contribution in [0.4, 0.5) is 5.69 Å². The van der Waals surface area contributed by atoms with Gasteiger partial charge in [0.1, 0.15) is 0 Å². The van der Waals surface area contributed by atoms with Crippen molar-refractivity contribution >= 4 is 29.3 Å². The number of carbonyl (C=O) groups is 2. The molecule has 4 rings (SSSR count). The van der Waals surface area contributed by atoms with Crippen LogP contribution in [-0.2, 0) is 15.3 Å². The van der Waals surface area contributed by atoms with Crippen LogP contribution in [0.3, 0.4) is 0 Å². The van der Waals surface area contributed by atoms with Gasteiger partial charge in [-0.1, -0.05) is 30.3 Å². The maximum atomic E-state index is 12.9. The predicted octanol–water partition coefficient (Wildman–Crippen LogP) is 4.59. The zero-order chi connectivity index (χ0) is 21.5. The van der Waals surface area contributed by atoms with E-state index in [1.165, 1.54) is 5.56 Å². The summed E-state index contributed by atoms with van der Waals surface area (Å²) >= 11 is 1.97. The lowest BCUT2D eigenvalue weighted by atomic mass is 9.96. The lowest BCUT2D eigenvalue weighted by molar-refractivity contribution is -0.121. The fraction of sp³-hybridized carbons (Fsp3) is 0.440. The SMILES string of the molecule is O=C(Nc1cccc(CSC2CCOCC2)c1)C1CCCN(C(=O)c2ccccc2)C1. The quantitative estimate of drug-likeness (QED) is 0.717. The van der Waals surface area contributed by atoms with Gasteiger partial charge in [-0.2, -0.15) is 11.8 Å². The number of likely N-dealkylation sites (tertiary alicyclic amines) is 1. The summed E-state index contributed by atoms with van der Waals surface area (Å²) in [4.78, 5) is 27.5. The van der Waals surface area contributed by atoms with Crippen molar-refractivity contribution in [3.05, 3.63) is 65.7 Å². The highest BCUT2D eigenvalue weighted by molar-refractivity contribution is 7.99. The monoisotopic (exact) mass is 438 g/mol. The molecule has 1 unspecified atom stereocenters. The van der Waals surface area contributed by atoms with Crippen LogP contribution in [-0.4, -0.2) is 48.3 Å². The largest absolute Gasteiger partial charge is 0.381 e. The van der Waals surface area contributed by atoms with Crippen LogP contribution >= 0.6 is 11.8 Å². The smallest absolute Gasteiger partial charge is 0.253 e. The van der Waals surface area contributed by atoms with Crippen LogP contribution in [0.15, 0.2) is 54.6 Å². The number of ether oxygens (including phenoxy) is 1. The normalized spacial score (nSPS) is 19.7. The number of piperidine rings is 1. The van der Waals surface area contributed by atoms with Crippen molar-refractivity contribution in [1.29, 1.82) is 0 Å². The van der Waals surface area contributed by atoms with E-state index in [2.05, 4.69) is 17.4 Å². The minimum atomic E-state index is -0.179. The Hall–Kier alpha value is -2.31. The first-order chi connectivity index (χ1) is 15.2. The molecule has 0 radical (unpaired) electrons. The molecule has 2 amide bonds. The summed E-state index contributed by atoms with van der Waals surface area (Å²) in [6.07, 6.45) is 3.88. The molecule has 31 heavy (non-hydrogen) atoms. The first-order valence-corrected chi connectivity index (χ1v) is 12.2. The Bertz CT molecular complexity index is 883. The van der Waals surface area contributed by atoms with Crippen molar-refractivity contribution in [1.82, 2.24) is 4.90 Å². The molecule has 0 aromatic heterocycles. The summed E-state index contributed by atoms with van der Waals surface area (Å²) < 4.78 is 5.43. The molecule has 2 fully saturated rings. The molecule has 2 saturated heterocycles. The maximum absolute atomic E-state index is 12.9. The van der Waals surface area contributed by atoms with E-state index in [0.717, 1.165) is 50.3 Å². The molecule has 6 heteroatoms. The van der Waals surface area contributed by atoms with E-state index in [0.29, 0.717) is 23.9 Å². The van der Waals surface area contributed by atoms with Gasteiger partial charge in [0.15, 0.2) is 0 Å². The predicted molar refractivity (Wildman–Crippen MR) is 125 cm³/mol. The fourth-order valence-corrected chi connectivity index (χ4v) is 5.31. The number of carbonyl (C=O) groups excluding carboxylic acids is 2. The summed E-state index contributed by atoms with van der Waals surface area (Å²) in [7, 11) is 0. The topological polar surface area (TPSA) is 58.6 Å². The van der Waals surface area contributed by atoms with Gasteiger partial charge in [-0.15, -0.1) is 0 Å². The Morgan fingerprint density at radius 2 is 1.84 bits per heavy atom. The van der Waals surface area contributed by atoms with Crippen molar-refractivity contribution < 1.29 is 14.3 Å². The average Bonchev–Trinajstić information content (AvgIpc) is 2.84. The Balaban J connectivity index is 1.31. The number of nitrogens with one attached hydrogen (secondary N) is 1. The summed E-state index contributed by atoms with van der Waals surface area (Å²) in [5.74, 6) is 0.767. The third-order valence-corrected chi connectivity index (χ3v) is 7.39. The second kappa shape index (κ2) is 10.8. The number of nitrogens with zero attached hydrogens (tertiary/aromatic N) is 1. The minimum Gasteiger partial charge on any atom is -0.381 e. The van der Waals surface area contributed by atoms with E-state index < -0.39 is 0 Å². The van der Waals surface area contributed by atoms with E-state index in [1.54, 1.807) is 0 Å². The van der Waals surface area contributed by atoms with Crippen LogP contribution < -0.4 is 5.32 Å². The van der Waals surface area contributed by atoms with Gasteiger partial charge in [0.25, 0.3) is 5.91 Å². The van der Waals surface area contributed by atoms with Crippen LogP contribution in [0, 0.1) is 5.92 Å². The molecule has 0 aliphatic carbocycles. The standard InChI is InChI=1S/C25H30N2O3S/c28-24(21-9-5-13-27(17-21)25(29)20-7-2-1-3-8-20)26-22-10-4-6-19(16-22)18-31-23-11-14-30-15-12-23/h1-4,6-8,10,16,21,23H,5,9,11-15,17-18H2,(H,26,28). The second-order valence-corrected chi connectivity index (χ2v) is 9.56. The molecule has 2 aliphatic rings. The number of hydrogen-bond acceptors (Lipinski definition) is 4. The van der Waals surface area contributed by atoms with Gasteiger partial charge in [-0.05, 0) is 55.5 Å². The third-order valence-electron chi connectivity index (χ3n) is 5.95. The third kappa shape index (κ3) is 6.11. The molecule has 2 heterocycles. The Kier molecular flexibility index (Phi) is 7.65. The molecule has 2 aromatic carbocycles. The summed E-state index contributed by atoms with van der Waals surface area (Å²) in [6, 6.07) is 17.4. The van der Waals surface area contributed by atoms with Crippen LogP contribution in [0.25, 0.3) is 0 Å². The van der Waals surface area contributed by atoms with Crippen LogP contribution in [0.2, 0.25) is 0 Å². The lowest BCUT2D eigenvalue weighted by Gasteiger charge is -2.32. The zero-order valence-electron chi connectivity index (χ0n) is 17.8. The van der Waals surface area contributed by atoms with E-state index >= 15 is 0 Å². The van der Waals surface area contributed by atoms with Gasteiger partial charge in [-0.25, -0.2) is 0 Å². The van der Waals surface area contributed by atoms with Gasteiger partial charge in [-0.3, -0.25) is 9.59 Å². The molecule has 164 valence electrons. The molecule has 1 N–H and O–H groups in total. The lowest BCUT2D eigenvalue weighted by Crippen LogP contribution is -2.43. The van der Waals surface area contributed by atoms with Crippen molar-refractivity contribution in [3.8, 4) is 0 Å². The number of amides is 2. The van der Waals surface area contributed by atoms with Gasteiger partial charge in [0.05, 0.1) is 5.92 Å². The van der Waals surface area contributed by atoms with Crippen molar-refractivity contribution in [2.45, 2.75) is 36.7 Å². The first-order valence-electron chi connectivity index (χ1n) is 11.1. The van der Waals surface area contributed by atoms with Crippen LogP contribution in [0.5, 0.6) is 0 Å². The summed E-state index contributed by atoms with van der Waals surface area (Å²) in [5.41, 5.74) is 2.73. The van der Waals surface area contributed by atoms with Crippen LogP contribution in [0.1, 0.15) is 41.6 Å². The highest BCUT2D eigenvalue weighted by Crippen LogP contribution is 2.27. The van der Waals surface area contributed by atoms with E-state index in [-0.39, 0.29) is 17.7 Å². The molecular formula is C25H30N2O3S. The van der Waals surface area contributed by atoms with Crippen molar-refractivity contribution in [2.75, 3.05) is 31.6 Å². The van der Waals surface area contributed by atoms with Crippen molar-refractivity contribution in [2.24, 2.45) is 5.92 Å². The summed E-state index contributed by atoms with van der Waals surface area (Å²) in [6.45, 7) is 2.90. The minimum absolute atomic E-state index is 0.000191. The van der Waals surface area contributed by atoms with Gasteiger partial charge < -0.3 is 15.0 Å². The number of anilines is 1. The van der Waals surface area contributed by atoms with E-state index in [9.17, 15) is 9.59 Å². The number of benzene rings is 2. The first kappa shape index (κ1) is 21.9. The highest BCUT2D eigenvalue weighted by Gasteiger charge is 2.29. The molecular weight excluding hydrogens is 408 g/mol.